The first kappa shape index (κ1) is 13.1. The van der Waals surface area contributed by atoms with Gasteiger partial charge in [-0.3, -0.25) is 4.79 Å². The lowest BCUT2D eigenvalue weighted by Gasteiger charge is -1.98. The van der Waals surface area contributed by atoms with Crippen LogP contribution in [-0.4, -0.2) is 28.5 Å². The summed E-state index contributed by atoms with van der Waals surface area (Å²) < 4.78 is 9.96. The highest BCUT2D eigenvalue weighted by molar-refractivity contribution is 7.99. The van der Waals surface area contributed by atoms with Gasteiger partial charge in [0.25, 0.3) is 5.89 Å². The maximum atomic E-state index is 11.1. The molecule has 0 atom stereocenters. The van der Waals surface area contributed by atoms with Crippen LogP contribution in [0.3, 0.4) is 0 Å². The molecule has 2 aromatic heterocycles. The first-order valence-electron chi connectivity index (χ1n) is 5.39. The summed E-state index contributed by atoms with van der Waals surface area (Å²) in [4.78, 5) is 16.3. The number of carbonyl (C=O) groups excluding carboxylic acids is 1. The van der Waals surface area contributed by atoms with Gasteiger partial charge in [0.1, 0.15) is 0 Å². The molecule has 5 nitrogen and oxygen atoms in total. The van der Waals surface area contributed by atoms with E-state index in [-0.39, 0.29) is 5.97 Å². The number of nitrogens with zero attached hydrogens (tertiary/aromatic N) is 2. The van der Waals surface area contributed by atoms with Gasteiger partial charge in [0.05, 0.1) is 23.0 Å². The number of hydrogen-bond acceptors (Lipinski definition) is 7. The van der Waals surface area contributed by atoms with Crippen LogP contribution in [0.4, 0.5) is 0 Å². The largest absolute Gasteiger partial charge is 0.465 e. The van der Waals surface area contributed by atoms with Crippen LogP contribution < -0.4 is 0 Å². The molecule has 0 saturated heterocycles. The van der Waals surface area contributed by atoms with E-state index in [1.165, 1.54) is 11.8 Å². The normalized spacial score (nSPS) is 10.5. The molecule has 0 amide bonds. The van der Waals surface area contributed by atoms with Crippen LogP contribution in [0.5, 0.6) is 0 Å². The molecule has 0 fully saturated rings. The van der Waals surface area contributed by atoms with Gasteiger partial charge in [-0.1, -0.05) is 11.2 Å². The van der Waals surface area contributed by atoms with Gasteiger partial charge in [0.2, 0.25) is 0 Å². The van der Waals surface area contributed by atoms with Crippen LogP contribution in [0.25, 0.3) is 10.8 Å². The zero-order valence-electron chi connectivity index (χ0n) is 9.79. The highest BCUT2D eigenvalue weighted by Gasteiger charge is 2.10. The molecule has 0 aliphatic rings. The fourth-order valence-corrected chi connectivity index (χ4v) is 2.54. The Kier molecular flexibility index (Phi) is 4.77. The van der Waals surface area contributed by atoms with E-state index >= 15 is 0 Å². The van der Waals surface area contributed by atoms with Gasteiger partial charge < -0.3 is 9.26 Å². The number of rotatable bonds is 6. The van der Waals surface area contributed by atoms with Gasteiger partial charge in [-0.05, 0) is 18.4 Å². The SMILES string of the molecule is CCOC(=O)CSCc1noc(-c2cccs2)n1. The van der Waals surface area contributed by atoms with Crippen molar-refractivity contribution in [3.05, 3.63) is 23.3 Å². The van der Waals surface area contributed by atoms with E-state index in [0.29, 0.717) is 29.8 Å². The molecule has 2 heterocycles. The summed E-state index contributed by atoms with van der Waals surface area (Å²) in [5.41, 5.74) is 0. The molecule has 2 rings (SSSR count). The number of thioether (sulfide) groups is 1. The Balaban J connectivity index is 1.82. The number of thiophene rings is 1. The molecule has 0 unspecified atom stereocenters. The Labute approximate surface area is 113 Å². The van der Waals surface area contributed by atoms with Crippen LogP contribution in [0.2, 0.25) is 0 Å². The molecule has 0 aromatic carbocycles. The lowest BCUT2D eigenvalue weighted by Crippen LogP contribution is -2.06. The van der Waals surface area contributed by atoms with Gasteiger partial charge >= 0.3 is 5.97 Å². The van der Waals surface area contributed by atoms with E-state index in [9.17, 15) is 4.79 Å². The van der Waals surface area contributed by atoms with E-state index < -0.39 is 0 Å². The van der Waals surface area contributed by atoms with Gasteiger partial charge in [-0.2, -0.15) is 4.98 Å². The molecule has 96 valence electrons. The van der Waals surface area contributed by atoms with Crippen LogP contribution in [0.15, 0.2) is 22.0 Å². The van der Waals surface area contributed by atoms with E-state index in [2.05, 4.69) is 10.1 Å². The highest BCUT2D eigenvalue weighted by Crippen LogP contribution is 2.23. The van der Waals surface area contributed by atoms with Gasteiger partial charge in [-0.15, -0.1) is 23.1 Å². The maximum Gasteiger partial charge on any atom is 0.315 e. The number of carbonyl (C=O) groups is 1. The lowest BCUT2D eigenvalue weighted by atomic mass is 10.5. The molecule has 0 radical (unpaired) electrons. The van der Waals surface area contributed by atoms with Crippen molar-refractivity contribution in [3.63, 3.8) is 0 Å². The number of ether oxygens (including phenoxy) is 1. The number of esters is 1. The van der Waals surface area contributed by atoms with Crippen LogP contribution in [0, 0.1) is 0 Å². The average molecular weight is 284 g/mol. The lowest BCUT2D eigenvalue weighted by molar-refractivity contribution is -0.139. The Morgan fingerprint density at radius 3 is 3.22 bits per heavy atom. The average Bonchev–Trinajstić information content (AvgIpc) is 2.99. The minimum absolute atomic E-state index is 0.218. The molecule has 0 saturated carbocycles. The summed E-state index contributed by atoms with van der Waals surface area (Å²) in [5, 5.41) is 5.82. The predicted octanol–water partition coefficient (Wildman–Crippen LogP) is 2.59. The van der Waals surface area contributed by atoms with Gasteiger partial charge in [0.15, 0.2) is 5.82 Å². The Bertz CT molecular complexity index is 496. The molecule has 0 aliphatic heterocycles. The van der Waals surface area contributed by atoms with Crippen molar-refractivity contribution in [1.82, 2.24) is 10.1 Å². The molecule has 0 N–H and O–H groups in total. The fraction of sp³-hybridized carbons (Fsp3) is 0.364. The van der Waals surface area contributed by atoms with Crippen LogP contribution in [0.1, 0.15) is 12.7 Å². The van der Waals surface area contributed by atoms with E-state index in [0.717, 1.165) is 4.88 Å². The molecule has 0 spiro atoms. The van der Waals surface area contributed by atoms with E-state index in [1.54, 1.807) is 18.3 Å². The summed E-state index contributed by atoms with van der Waals surface area (Å²) in [5.74, 6) is 1.73. The minimum Gasteiger partial charge on any atom is -0.465 e. The summed E-state index contributed by atoms with van der Waals surface area (Å²) in [6.45, 7) is 2.19. The van der Waals surface area contributed by atoms with Crippen molar-refractivity contribution in [1.29, 1.82) is 0 Å². The van der Waals surface area contributed by atoms with Crippen LogP contribution in [-0.2, 0) is 15.3 Å². The summed E-state index contributed by atoms with van der Waals surface area (Å²) in [6.07, 6.45) is 0. The van der Waals surface area contributed by atoms with Crippen molar-refractivity contribution in [2.75, 3.05) is 12.4 Å². The topological polar surface area (TPSA) is 65.2 Å². The monoisotopic (exact) mass is 284 g/mol. The van der Waals surface area contributed by atoms with Gasteiger partial charge in [-0.25, -0.2) is 0 Å². The molecule has 18 heavy (non-hydrogen) atoms. The quantitative estimate of drug-likeness (QED) is 0.760. The second-order valence-electron chi connectivity index (χ2n) is 3.29. The van der Waals surface area contributed by atoms with Crippen molar-refractivity contribution in [3.8, 4) is 10.8 Å². The maximum absolute atomic E-state index is 11.1. The van der Waals surface area contributed by atoms with Crippen molar-refractivity contribution < 1.29 is 14.1 Å². The second kappa shape index (κ2) is 6.55. The van der Waals surface area contributed by atoms with Crippen LogP contribution >= 0.6 is 23.1 Å². The highest BCUT2D eigenvalue weighted by atomic mass is 32.2. The summed E-state index contributed by atoms with van der Waals surface area (Å²) in [7, 11) is 0. The third-order valence-electron chi connectivity index (χ3n) is 1.96. The smallest absolute Gasteiger partial charge is 0.315 e. The first-order valence-corrected chi connectivity index (χ1v) is 7.43. The Morgan fingerprint density at radius 1 is 1.61 bits per heavy atom. The second-order valence-corrected chi connectivity index (χ2v) is 5.22. The van der Waals surface area contributed by atoms with Crippen molar-refractivity contribution in [2.45, 2.75) is 12.7 Å². The molecule has 0 aliphatic carbocycles. The van der Waals surface area contributed by atoms with E-state index in [1.807, 2.05) is 17.5 Å². The van der Waals surface area contributed by atoms with E-state index in [4.69, 9.17) is 9.26 Å². The Morgan fingerprint density at radius 2 is 2.50 bits per heavy atom. The number of hydrogen-bond donors (Lipinski definition) is 0. The molecule has 0 bridgehead atoms. The predicted molar refractivity (Wildman–Crippen MR) is 70.4 cm³/mol. The zero-order chi connectivity index (χ0) is 12.8. The molecular weight excluding hydrogens is 272 g/mol. The standard InChI is InChI=1S/C11H12N2O3S2/c1-2-15-10(14)7-17-6-9-12-11(16-13-9)8-4-3-5-18-8/h3-5H,2,6-7H2,1H3. The third-order valence-corrected chi connectivity index (χ3v) is 3.72. The molecular formula is C11H12N2O3S2. The molecule has 2 aromatic rings. The first-order chi connectivity index (χ1) is 8.79. The van der Waals surface area contributed by atoms with Gasteiger partial charge in [0, 0.05) is 0 Å². The minimum atomic E-state index is -0.218. The Hall–Kier alpha value is -1.34. The summed E-state index contributed by atoms with van der Waals surface area (Å²) in [6, 6.07) is 3.85. The molecule has 7 heteroatoms. The fourth-order valence-electron chi connectivity index (χ4n) is 1.24. The zero-order valence-corrected chi connectivity index (χ0v) is 11.4. The van der Waals surface area contributed by atoms with Crippen molar-refractivity contribution >= 4 is 29.1 Å². The summed E-state index contributed by atoms with van der Waals surface area (Å²) >= 11 is 2.96. The number of aromatic nitrogens is 2. The third kappa shape index (κ3) is 3.58. The van der Waals surface area contributed by atoms with Crippen molar-refractivity contribution in [2.24, 2.45) is 0 Å².